The van der Waals surface area contributed by atoms with Gasteiger partial charge in [-0.05, 0) is 32.3 Å². The third-order valence-electron chi connectivity index (χ3n) is 9.60. The van der Waals surface area contributed by atoms with Crippen LogP contribution in [0.2, 0.25) is 0 Å². The lowest BCUT2D eigenvalue weighted by Crippen LogP contribution is -2.58. The first-order chi connectivity index (χ1) is 21.6. The fourth-order valence-corrected chi connectivity index (χ4v) is 6.86. The van der Waals surface area contributed by atoms with Crippen molar-refractivity contribution in [3.8, 4) is 0 Å². The fraction of sp³-hybridized carbons (Fsp3) is 0.895. The van der Waals surface area contributed by atoms with E-state index in [1.54, 1.807) is 6.92 Å². The van der Waals surface area contributed by atoms with Crippen LogP contribution >= 0.6 is 0 Å². The van der Waals surface area contributed by atoms with E-state index >= 15 is 0 Å². The molecule has 0 aromatic heterocycles. The van der Waals surface area contributed by atoms with Gasteiger partial charge in [0.2, 0.25) is 0 Å². The summed E-state index contributed by atoms with van der Waals surface area (Å²) in [6, 6.07) is -0.413. The Labute approximate surface area is 272 Å². The van der Waals surface area contributed by atoms with Gasteiger partial charge in [-0.25, -0.2) is 0 Å². The highest BCUT2D eigenvalue weighted by Crippen LogP contribution is 2.22. The van der Waals surface area contributed by atoms with E-state index in [0.29, 0.717) is 6.54 Å². The monoisotopic (exact) mass is 617 g/mol. The number of hydrogen-bond acceptors (Lipinski definition) is 6. The SMILES string of the molecule is CCCCCCCCCCCCCCCC=CC1=NCCN1C(C(C)O)C(O)N1CCN=C1CCCCCCCCCCC. The average molecular weight is 617 g/mol. The van der Waals surface area contributed by atoms with Crippen LogP contribution in [0.15, 0.2) is 22.1 Å². The zero-order chi connectivity index (χ0) is 31.7. The molecule has 3 atom stereocenters. The number of amidine groups is 2. The Morgan fingerprint density at radius 1 is 0.614 bits per heavy atom. The highest BCUT2D eigenvalue weighted by molar-refractivity contribution is 5.94. The molecule has 2 N–H and O–H groups in total. The van der Waals surface area contributed by atoms with Crippen LogP contribution in [-0.4, -0.2) is 76.2 Å². The van der Waals surface area contributed by atoms with Gasteiger partial charge in [-0.3, -0.25) is 9.98 Å². The van der Waals surface area contributed by atoms with Crippen molar-refractivity contribution >= 4 is 11.7 Å². The molecule has 0 radical (unpaired) electrons. The standard InChI is InChI=1S/C38H72N4O2/c1-4-6-8-10-12-14-15-16-17-18-19-21-23-24-26-28-35-39-30-32-41(35)37(34(3)43)38(44)42-33-31-40-36(42)29-27-25-22-20-13-11-9-7-5-2/h26,28,34,37-38,43-44H,4-25,27,29-33H2,1-3H3. The molecule has 2 aliphatic rings. The minimum absolute atomic E-state index is 0.413. The Morgan fingerprint density at radius 3 is 1.59 bits per heavy atom. The molecule has 0 bridgehead atoms. The van der Waals surface area contributed by atoms with Gasteiger partial charge in [0.15, 0.2) is 6.23 Å². The molecule has 2 heterocycles. The van der Waals surface area contributed by atoms with E-state index in [1.165, 1.54) is 135 Å². The number of aliphatic hydroxyl groups excluding tert-OH is 2. The summed E-state index contributed by atoms with van der Waals surface area (Å²) < 4.78 is 0. The highest BCUT2D eigenvalue weighted by atomic mass is 16.3. The molecule has 0 saturated carbocycles. The minimum atomic E-state index is -0.785. The number of hydrogen-bond donors (Lipinski definition) is 2. The third-order valence-corrected chi connectivity index (χ3v) is 9.60. The number of allylic oxidation sites excluding steroid dienone is 1. The Hall–Kier alpha value is -1.40. The van der Waals surface area contributed by atoms with Crippen molar-refractivity contribution in [3.63, 3.8) is 0 Å². The highest BCUT2D eigenvalue weighted by Gasteiger charge is 2.38. The van der Waals surface area contributed by atoms with E-state index in [2.05, 4.69) is 35.8 Å². The molecule has 0 saturated heterocycles. The number of rotatable bonds is 29. The first kappa shape index (κ1) is 38.8. The molecule has 3 unspecified atom stereocenters. The minimum Gasteiger partial charge on any atom is -0.391 e. The molecule has 0 aromatic carbocycles. The van der Waals surface area contributed by atoms with Crippen molar-refractivity contribution < 1.29 is 10.2 Å². The van der Waals surface area contributed by atoms with Gasteiger partial charge in [-0.2, -0.15) is 0 Å². The van der Waals surface area contributed by atoms with E-state index in [4.69, 9.17) is 9.98 Å². The third kappa shape index (κ3) is 16.2. The van der Waals surface area contributed by atoms with Crippen LogP contribution in [0.3, 0.4) is 0 Å². The van der Waals surface area contributed by atoms with E-state index in [0.717, 1.165) is 50.6 Å². The molecule has 0 spiro atoms. The Kier molecular flexibility index (Phi) is 22.7. The van der Waals surface area contributed by atoms with Crippen LogP contribution in [-0.2, 0) is 0 Å². The van der Waals surface area contributed by atoms with Gasteiger partial charge >= 0.3 is 0 Å². The van der Waals surface area contributed by atoms with Crippen LogP contribution in [0.25, 0.3) is 0 Å². The van der Waals surface area contributed by atoms with Crippen LogP contribution in [0.1, 0.15) is 175 Å². The van der Waals surface area contributed by atoms with Gasteiger partial charge in [0.05, 0.1) is 19.2 Å². The summed E-state index contributed by atoms with van der Waals surface area (Å²) in [5, 5.41) is 22.4. The maximum Gasteiger partial charge on any atom is 0.150 e. The number of aliphatic imine (C=N–C) groups is 2. The first-order valence-corrected chi connectivity index (χ1v) is 19.2. The zero-order valence-corrected chi connectivity index (χ0v) is 29.4. The topological polar surface area (TPSA) is 71.7 Å². The normalized spacial score (nSPS) is 17.5. The van der Waals surface area contributed by atoms with Gasteiger partial charge in [-0.1, -0.05) is 148 Å². The number of unbranched alkanes of at least 4 members (excludes halogenated alkanes) is 21. The fourth-order valence-electron chi connectivity index (χ4n) is 6.86. The summed E-state index contributed by atoms with van der Waals surface area (Å²) in [7, 11) is 0. The smallest absolute Gasteiger partial charge is 0.150 e. The van der Waals surface area contributed by atoms with Crippen molar-refractivity contribution in [3.05, 3.63) is 12.2 Å². The Bertz CT molecular complexity index is 781. The molecule has 0 amide bonds. The summed E-state index contributed by atoms with van der Waals surface area (Å²) in [6.45, 7) is 9.27. The molecule has 2 aliphatic heterocycles. The van der Waals surface area contributed by atoms with Crippen LogP contribution in [0, 0.1) is 0 Å². The number of nitrogens with zero attached hydrogens (tertiary/aromatic N) is 4. The molecular formula is C38H72N4O2. The summed E-state index contributed by atoms with van der Waals surface area (Å²) in [5.41, 5.74) is 0. The van der Waals surface area contributed by atoms with Gasteiger partial charge in [0, 0.05) is 19.5 Å². The molecule has 256 valence electrons. The molecule has 2 rings (SSSR count). The van der Waals surface area contributed by atoms with Crippen molar-refractivity contribution in [2.75, 3.05) is 26.2 Å². The maximum atomic E-state index is 11.5. The predicted molar refractivity (Wildman–Crippen MR) is 191 cm³/mol. The predicted octanol–water partition coefficient (Wildman–Crippen LogP) is 9.44. The van der Waals surface area contributed by atoms with Crippen molar-refractivity contribution in [1.29, 1.82) is 0 Å². The van der Waals surface area contributed by atoms with Gasteiger partial charge in [0.25, 0.3) is 0 Å². The Morgan fingerprint density at radius 2 is 1.07 bits per heavy atom. The molecule has 6 heteroatoms. The molecule has 0 fully saturated rings. The van der Waals surface area contributed by atoms with Crippen LogP contribution in [0.4, 0.5) is 0 Å². The molecular weight excluding hydrogens is 544 g/mol. The molecule has 44 heavy (non-hydrogen) atoms. The second-order valence-electron chi connectivity index (χ2n) is 13.6. The second-order valence-corrected chi connectivity index (χ2v) is 13.6. The summed E-state index contributed by atoms with van der Waals surface area (Å²) in [6.07, 6.45) is 34.5. The maximum absolute atomic E-state index is 11.5. The lowest BCUT2D eigenvalue weighted by Gasteiger charge is -2.40. The van der Waals surface area contributed by atoms with Crippen molar-refractivity contribution in [2.24, 2.45) is 9.98 Å². The number of aliphatic hydroxyl groups is 2. The molecule has 0 aliphatic carbocycles. The summed E-state index contributed by atoms with van der Waals surface area (Å²) in [4.78, 5) is 13.7. The van der Waals surface area contributed by atoms with Crippen LogP contribution in [0.5, 0.6) is 0 Å². The van der Waals surface area contributed by atoms with Gasteiger partial charge in [-0.15, -0.1) is 0 Å². The van der Waals surface area contributed by atoms with E-state index < -0.39 is 18.4 Å². The molecule has 6 nitrogen and oxygen atoms in total. The summed E-state index contributed by atoms with van der Waals surface area (Å²) >= 11 is 0. The van der Waals surface area contributed by atoms with E-state index in [1.807, 2.05) is 0 Å². The van der Waals surface area contributed by atoms with Gasteiger partial charge in [0.1, 0.15) is 17.7 Å². The quantitative estimate of drug-likeness (QED) is 0.0821. The second kappa shape index (κ2) is 25.8. The first-order valence-electron chi connectivity index (χ1n) is 19.2. The largest absolute Gasteiger partial charge is 0.391 e. The van der Waals surface area contributed by atoms with Crippen LogP contribution < -0.4 is 0 Å². The lowest BCUT2D eigenvalue weighted by atomic mass is 10.0. The van der Waals surface area contributed by atoms with Gasteiger partial charge < -0.3 is 20.0 Å². The van der Waals surface area contributed by atoms with E-state index in [-0.39, 0.29) is 0 Å². The average Bonchev–Trinajstić information content (AvgIpc) is 3.68. The summed E-state index contributed by atoms with van der Waals surface area (Å²) in [5.74, 6) is 1.92. The van der Waals surface area contributed by atoms with Crippen molar-refractivity contribution in [1.82, 2.24) is 9.80 Å². The van der Waals surface area contributed by atoms with E-state index in [9.17, 15) is 10.2 Å². The zero-order valence-electron chi connectivity index (χ0n) is 29.4. The lowest BCUT2D eigenvalue weighted by molar-refractivity contribution is -0.0480. The Balaban J connectivity index is 1.65. The van der Waals surface area contributed by atoms with Crippen molar-refractivity contribution in [2.45, 2.75) is 193 Å². The molecule has 0 aromatic rings.